The van der Waals surface area contributed by atoms with Gasteiger partial charge in [-0.05, 0) is 17.2 Å². The minimum atomic E-state index is -0.292. The van der Waals surface area contributed by atoms with Crippen LogP contribution >= 0.6 is 11.8 Å². The molecule has 7 heteroatoms. The van der Waals surface area contributed by atoms with Crippen molar-refractivity contribution < 1.29 is 4.39 Å². The van der Waals surface area contributed by atoms with Crippen LogP contribution in [-0.4, -0.2) is 19.5 Å². The van der Waals surface area contributed by atoms with Gasteiger partial charge in [-0.3, -0.25) is 4.79 Å². The lowest BCUT2D eigenvalue weighted by Gasteiger charge is -2.14. The Balaban J connectivity index is 1.67. The molecule has 0 saturated carbocycles. The Hall–Kier alpha value is -3.32. The van der Waals surface area contributed by atoms with Crippen LogP contribution in [0.4, 0.5) is 4.39 Å². The van der Waals surface area contributed by atoms with Crippen LogP contribution in [-0.2, 0) is 18.7 Å². The van der Waals surface area contributed by atoms with Gasteiger partial charge in [0.2, 0.25) is 0 Å². The molecule has 2 aromatic carbocycles. The third-order valence-corrected chi connectivity index (χ3v) is 5.61. The predicted octanol–water partition coefficient (Wildman–Crippen LogP) is 4.10. The minimum absolute atomic E-state index is 0.284. The first kappa shape index (κ1) is 20.0. The summed E-state index contributed by atoms with van der Waals surface area (Å²) in [7, 11) is 0. The van der Waals surface area contributed by atoms with Gasteiger partial charge in [0.1, 0.15) is 12.1 Å². The van der Waals surface area contributed by atoms with E-state index < -0.39 is 0 Å². The van der Waals surface area contributed by atoms with Crippen LogP contribution in [0.15, 0.2) is 89.5 Å². The van der Waals surface area contributed by atoms with E-state index in [2.05, 4.69) is 15.0 Å². The predicted molar refractivity (Wildman–Crippen MR) is 115 cm³/mol. The lowest BCUT2D eigenvalue weighted by atomic mass is 10.1. The Morgan fingerprint density at radius 1 is 0.900 bits per heavy atom. The fraction of sp³-hybridized carbons (Fsp3) is 0.130. The van der Waals surface area contributed by atoms with Crippen LogP contribution < -0.4 is 5.56 Å². The number of nitrogens with zero attached hydrogens (tertiary/aromatic N) is 4. The molecule has 0 amide bonds. The maximum atomic E-state index is 14.3. The van der Waals surface area contributed by atoms with Crippen molar-refractivity contribution in [1.29, 1.82) is 0 Å². The van der Waals surface area contributed by atoms with Crippen LogP contribution in [0.3, 0.4) is 0 Å². The molecule has 0 saturated heterocycles. The molecule has 0 aliphatic rings. The van der Waals surface area contributed by atoms with E-state index in [1.54, 1.807) is 36.8 Å². The van der Waals surface area contributed by atoms with Gasteiger partial charge in [0, 0.05) is 41.9 Å². The van der Waals surface area contributed by atoms with Crippen molar-refractivity contribution in [2.45, 2.75) is 23.9 Å². The molecule has 0 aliphatic carbocycles. The molecule has 0 unspecified atom stereocenters. The van der Waals surface area contributed by atoms with Crippen molar-refractivity contribution in [2.24, 2.45) is 0 Å². The van der Waals surface area contributed by atoms with Crippen molar-refractivity contribution in [2.75, 3.05) is 0 Å². The van der Waals surface area contributed by atoms with Gasteiger partial charge < -0.3 is 4.57 Å². The van der Waals surface area contributed by atoms with E-state index in [1.807, 2.05) is 34.9 Å². The van der Waals surface area contributed by atoms with E-state index in [-0.39, 0.29) is 17.9 Å². The molecule has 0 atom stereocenters. The second-order valence-corrected chi connectivity index (χ2v) is 7.71. The zero-order valence-corrected chi connectivity index (χ0v) is 16.9. The molecule has 0 bridgehead atoms. The molecular weight excluding hydrogens is 399 g/mol. The summed E-state index contributed by atoms with van der Waals surface area (Å²) >= 11 is 1.46. The minimum Gasteiger partial charge on any atom is -0.322 e. The zero-order chi connectivity index (χ0) is 20.8. The van der Waals surface area contributed by atoms with E-state index >= 15 is 0 Å². The molecule has 0 fully saturated rings. The van der Waals surface area contributed by atoms with E-state index in [0.717, 1.165) is 11.1 Å². The molecule has 2 heterocycles. The second kappa shape index (κ2) is 9.45. The van der Waals surface area contributed by atoms with Crippen molar-refractivity contribution in [3.8, 4) is 0 Å². The lowest BCUT2D eigenvalue weighted by molar-refractivity contribution is 0.579. The smallest absolute Gasteiger partial charge is 0.277 e. The SMILES string of the molecule is O=c1nc(SCc2ccccc2)n(Cc2ccccc2F)cc1Cc1cncnc1. The van der Waals surface area contributed by atoms with Gasteiger partial charge in [0.05, 0.1) is 6.54 Å². The van der Waals surface area contributed by atoms with E-state index in [1.165, 1.54) is 24.2 Å². The van der Waals surface area contributed by atoms with Crippen molar-refractivity contribution in [3.05, 3.63) is 118 Å². The van der Waals surface area contributed by atoms with Crippen LogP contribution in [0.5, 0.6) is 0 Å². The van der Waals surface area contributed by atoms with Crippen LogP contribution in [0, 0.1) is 5.82 Å². The number of thioether (sulfide) groups is 1. The average Bonchev–Trinajstić information content (AvgIpc) is 2.78. The number of rotatable bonds is 7. The summed E-state index contributed by atoms with van der Waals surface area (Å²) in [4.78, 5) is 25.0. The summed E-state index contributed by atoms with van der Waals surface area (Å²) in [5.41, 5.74) is 2.71. The van der Waals surface area contributed by atoms with Crippen LogP contribution in [0.2, 0.25) is 0 Å². The molecule has 4 rings (SSSR count). The highest BCUT2D eigenvalue weighted by atomic mass is 32.2. The fourth-order valence-electron chi connectivity index (χ4n) is 3.04. The molecule has 5 nitrogen and oxygen atoms in total. The van der Waals surface area contributed by atoms with E-state index in [0.29, 0.717) is 28.5 Å². The third kappa shape index (κ3) is 4.99. The van der Waals surface area contributed by atoms with Gasteiger partial charge in [-0.25, -0.2) is 14.4 Å². The number of benzene rings is 2. The first-order chi connectivity index (χ1) is 14.7. The second-order valence-electron chi connectivity index (χ2n) is 6.77. The van der Waals surface area contributed by atoms with Crippen molar-refractivity contribution in [3.63, 3.8) is 0 Å². The van der Waals surface area contributed by atoms with Gasteiger partial charge in [-0.1, -0.05) is 60.3 Å². The highest BCUT2D eigenvalue weighted by Crippen LogP contribution is 2.22. The molecule has 0 N–H and O–H groups in total. The van der Waals surface area contributed by atoms with Gasteiger partial charge in [-0.15, -0.1) is 0 Å². The molecule has 30 heavy (non-hydrogen) atoms. The summed E-state index contributed by atoms with van der Waals surface area (Å²) in [6.45, 7) is 0.287. The Morgan fingerprint density at radius 3 is 2.40 bits per heavy atom. The number of hydrogen-bond acceptors (Lipinski definition) is 5. The molecular formula is C23H19FN4OS. The van der Waals surface area contributed by atoms with E-state index in [4.69, 9.17) is 0 Å². The van der Waals surface area contributed by atoms with Gasteiger partial charge in [0.25, 0.3) is 5.56 Å². The van der Waals surface area contributed by atoms with Gasteiger partial charge in [0.15, 0.2) is 5.16 Å². The Bertz CT molecular complexity index is 1180. The Morgan fingerprint density at radius 2 is 1.63 bits per heavy atom. The Kier molecular flexibility index (Phi) is 6.29. The van der Waals surface area contributed by atoms with Crippen molar-refractivity contribution >= 4 is 11.8 Å². The molecule has 0 aliphatic heterocycles. The quantitative estimate of drug-likeness (QED) is 0.334. The number of hydrogen-bond donors (Lipinski definition) is 0. The highest BCUT2D eigenvalue weighted by Gasteiger charge is 2.12. The van der Waals surface area contributed by atoms with Crippen molar-refractivity contribution in [1.82, 2.24) is 19.5 Å². The summed E-state index contributed by atoms with van der Waals surface area (Å²) in [6, 6.07) is 16.6. The normalized spacial score (nSPS) is 10.8. The fourth-order valence-corrected chi connectivity index (χ4v) is 3.96. The Labute approximate surface area is 177 Å². The first-order valence-electron chi connectivity index (χ1n) is 9.43. The lowest BCUT2D eigenvalue weighted by Crippen LogP contribution is -2.20. The maximum absolute atomic E-state index is 14.3. The third-order valence-electron chi connectivity index (χ3n) is 4.55. The number of aromatic nitrogens is 4. The summed E-state index contributed by atoms with van der Waals surface area (Å²) in [6.07, 6.45) is 6.93. The average molecular weight is 418 g/mol. The molecule has 0 radical (unpaired) electrons. The molecule has 0 spiro atoms. The van der Waals surface area contributed by atoms with Gasteiger partial charge >= 0.3 is 0 Å². The van der Waals surface area contributed by atoms with Crippen LogP contribution in [0.1, 0.15) is 22.3 Å². The first-order valence-corrected chi connectivity index (χ1v) is 10.4. The number of halogens is 1. The molecule has 4 aromatic rings. The summed E-state index contributed by atoms with van der Waals surface area (Å²) in [5, 5.41) is 0.556. The monoisotopic (exact) mass is 418 g/mol. The van der Waals surface area contributed by atoms with Crippen LogP contribution in [0.25, 0.3) is 0 Å². The summed E-state index contributed by atoms with van der Waals surface area (Å²) in [5.74, 6) is 0.379. The topological polar surface area (TPSA) is 60.7 Å². The van der Waals surface area contributed by atoms with Gasteiger partial charge in [-0.2, -0.15) is 4.98 Å². The zero-order valence-electron chi connectivity index (χ0n) is 16.1. The maximum Gasteiger partial charge on any atom is 0.277 e. The highest BCUT2D eigenvalue weighted by molar-refractivity contribution is 7.98. The molecule has 150 valence electrons. The molecule has 2 aromatic heterocycles. The van der Waals surface area contributed by atoms with E-state index in [9.17, 15) is 9.18 Å². The summed E-state index contributed by atoms with van der Waals surface area (Å²) < 4.78 is 16.1. The largest absolute Gasteiger partial charge is 0.322 e. The standard InChI is InChI=1S/C23H19FN4OS/c24-21-9-5-4-8-19(21)13-28-14-20(10-18-11-25-16-26-12-18)22(29)27-23(28)30-15-17-6-2-1-3-7-17/h1-9,11-12,14,16H,10,13,15H2.